The van der Waals surface area contributed by atoms with E-state index < -0.39 is 117 Å². The van der Waals surface area contributed by atoms with Crippen LogP contribution in [-0.4, -0.2) is 171 Å². The van der Waals surface area contributed by atoms with E-state index in [1.54, 1.807) is 13.1 Å². The van der Waals surface area contributed by atoms with Crippen molar-refractivity contribution < 1.29 is 69.3 Å². The van der Waals surface area contributed by atoms with Crippen LogP contribution < -0.4 is 11.5 Å². The van der Waals surface area contributed by atoms with E-state index in [9.17, 15) is 40.9 Å². The van der Waals surface area contributed by atoms with Crippen LogP contribution >= 0.6 is 0 Å². The predicted octanol–water partition coefficient (Wildman–Crippen LogP) is -0.959. The van der Waals surface area contributed by atoms with Crippen molar-refractivity contribution in [2.45, 2.75) is 177 Å². The fraction of sp³-hybridized carbons (Fsp3) is 0.821. The average molecular weight is 802 g/mol. The minimum Gasteiger partial charge on any atom is -0.394 e. The predicted molar refractivity (Wildman–Crippen MR) is 204 cm³/mol. The van der Waals surface area contributed by atoms with Gasteiger partial charge < -0.3 is 80.7 Å². The van der Waals surface area contributed by atoms with E-state index in [1.165, 1.54) is 11.1 Å². The summed E-state index contributed by atoms with van der Waals surface area (Å²) in [7, 11) is 0. The van der Waals surface area contributed by atoms with E-state index in [-0.39, 0.29) is 18.9 Å². The SMILES string of the molecule is CC(C)=CCC/C(C)=C/CC/C(C)=C/C=N/CC1OC(OC2C(CO)OC(OC3C(O)C(C)CC(N)C3OC3CC(O)C(O)C(CO)O3)C2O)C(N)C(O)C1O. The number of nitrogens with zero attached hydrogens (tertiary/aromatic N) is 1. The Morgan fingerprint density at radius 2 is 1.32 bits per heavy atom. The quantitative estimate of drug-likeness (QED) is 0.0627. The molecule has 3 saturated heterocycles. The lowest BCUT2D eigenvalue weighted by molar-refractivity contribution is -0.307. The first-order chi connectivity index (χ1) is 26.6. The third kappa shape index (κ3) is 12.4. The highest BCUT2D eigenvalue weighted by molar-refractivity contribution is 5.72. The molecule has 3 aliphatic heterocycles. The standard InChI is InChI=1S/C39H67N3O14/c1-19(2)8-6-9-20(3)10-7-11-21(4)12-13-42-16-25-32(48)33(49)29(41)38(52-25)55-36-27(18-44)53-39(34(36)50)56-37-30(46)22(5)14-23(40)35(37)54-28-15-24(45)31(47)26(17-43)51-28/h8,10,12-13,22-39,43-50H,6-7,9,11,14-18,40-41H2,1-5H3/b20-10+,21-12+,42-13+. The molecular weight excluding hydrogens is 734 g/mol. The lowest BCUT2D eigenvalue weighted by Gasteiger charge is -2.46. The Bertz CT molecular complexity index is 1330. The van der Waals surface area contributed by atoms with Gasteiger partial charge in [0, 0.05) is 18.7 Å². The van der Waals surface area contributed by atoms with Crippen LogP contribution in [-0.2, 0) is 28.4 Å². The van der Waals surface area contributed by atoms with E-state index in [4.69, 9.17) is 39.9 Å². The molecule has 0 spiro atoms. The minimum absolute atomic E-state index is 0.0318. The molecule has 18 atom stereocenters. The van der Waals surface area contributed by atoms with Gasteiger partial charge in [0.2, 0.25) is 0 Å². The van der Waals surface area contributed by atoms with Crippen molar-refractivity contribution in [3.05, 3.63) is 34.9 Å². The number of allylic oxidation sites excluding steroid dienone is 6. The van der Waals surface area contributed by atoms with Crippen LogP contribution in [0.25, 0.3) is 0 Å². The number of aliphatic hydroxyl groups is 8. The molecular formula is C39H67N3O14. The molecule has 1 aliphatic carbocycles. The fourth-order valence-electron chi connectivity index (χ4n) is 7.46. The van der Waals surface area contributed by atoms with E-state index in [2.05, 4.69) is 37.9 Å². The highest BCUT2D eigenvalue weighted by atomic mass is 16.8. The largest absolute Gasteiger partial charge is 0.394 e. The van der Waals surface area contributed by atoms with Crippen molar-refractivity contribution in [3.63, 3.8) is 0 Å². The Labute approximate surface area is 329 Å². The van der Waals surface area contributed by atoms with Gasteiger partial charge >= 0.3 is 0 Å². The third-order valence-corrected chi connectivity index (χ3v) is 11.0. The summed E-state index contributed by atoms with van der Waals surface area (Å²) in [5.74, 6) is -0.367. The molecule has 1 saturated carbocycles. The second kappa shape index (κ2) is 22.0. The Hall–Kier alpha value is -1.75. The van der Waals surface area contributed by atoms with Crippen molar-refractivity contribution in [2.24, 2.45) is 22.4 Å². The molecule has 0 bridgehead atoms. The molecule has 4 aliphatic rings. The average Bonchev–Trinajstić information content (AvgIpc) is 3.45. The number of nitrogens with two attached hydrogens (primary N) is 2. The molecule has 56 heavy (non-hydrogen) atoms. The van der Waals surface area contributed by atoms with E-state index >= 15 is 0 Å². The van der Waals surface area contributed by atoms with Crippen molar-refractivity contribution >= 4 is 6.21 Å². The van der Waals surface area contributed by atoms with Crippen LogP contribution in [0, 0.1) is 5.92 Å². The number of hydrogen-bond donors (Lipinski definition) is 10. The highest BCUT2D eigenvalue weighted by Crippen LogP contribution is 2.36. The van der Waals surface area contributed by atoms with Gasteiger partial charge in [-0.2, -0.15) is 0 Å². The number of rotatable bonds is 17. The molecule has 322 valence electrons. The maximum absolute atomic E-state index is 11.4. The summed E-state index contributed by atoms with van der Waals surface area (Å²) < 4.78 is 35.7. The van der Waals surface area contributed by atoms with Gasteiger partial charge in [-0.1, -0.05) is 35.8 Å². The van der Waals surface area contributed by atoms with Crippen LogP contribution in [0.4, 0.5) is 0 Å². The van der Waals surface area contributed by atoms with Gasteiger partial charge in [-0.25, -0.2) is 0 Å². The molecule has 0 amide bonds. The second-order valence-electron chi connectivity index (χ2n) is 16.0. The first kappa shape index (κ1) is 46.9. The Morgan fingerprint density at radius 3 is 2.00 bits per heavy atom. The van der Waals surface area contributed by atoms with Crippen LogP contribution in [0.1, 0.15) is 73.1 Å². The third-order valence-electron chi connectivity index (χ3n) is 11.0. The van der Waals surface area contributed by atoms with Gasteiger partial charge in [0.25, 0.3) is 0 Å². The van der Waals surface area contributed by atoms with Gasteiger partial charge in [-0.05, 0) is 71.8 Å². The summed E-state index contributed by atoms with van der Waals surface area (Å²) >= 11 is 0. The number of aliphatic imine (C=N–C) groups is 1. The first-order valence-electron chi connectivity index (χ1n) is 19.7. The molecule has 0 aromatic rings. The first-order valence-corrected chi connectivity index (χ1v) is 19.7. The van der Waals surface area contributed by atoms with E-state index in [0.29, 0.717) is 6.42 Å². The molecule has 4 fully saturated rings. The van der Waals surface area contributed by atoms with Crippen molar-refractivity contribution in [3.8, 4) is 0 Å². The highest BCUT2D eigenvalue weighted by Gasteiger charge is 2.53. The van der Waals surface area contributed by atoms with Crippen LogP contribution in [0.2, 0.25) is 0 Å². The van der Waals surface area contributed by atoms with Crippen molar-refractivity contribution in [1.29, 1.82) is 0 Å². The van der Waals surface area contributed by atoms with Gasteiger partial charge in [-0.3, -0.25) is 4.99 Å². The minimum atomic E-state index is -1.57. The van der Waals surface area contributed by atoms with Gasteiger partial charge in [-0.15, -0.1) is 0 Å². The number of aliphatic hydroxyl groups excluding tert-OH is 8. The molecule has 17 heteroatoms. The van der Waals surface area contributed by atoms with Crippen LogP contribution in [0.5, 0.6) is 0 Å². The summed E-state index contributed by atoms with van der Waals surface area (Å²) in [5.41, 5.74) is 16.4. The zero-order chi connectivity index (χ0) is 41.3. The zero-order valence-corrected chi connectivity index (χ0v) is 33.2. The van der Waals surface area contributed by atoms with Crippen molar-refractivity contribution in [1.82, 2.24) is 0 Å². The smallest absolute Gasteiger partial charge is 0.187 e. The summed E-state index contributed by atoms with van der Waals surface area (Å²) in [6.07, 6.45) is -7.00. The van der Waals surface area contributed by atoms with E-state index in [1.807, 2.05) is 13.0 Å². The lowest BCUT2D eigenvalue weighted by Crippen LogP contribution is -2.63. The fourth-order valence-corrected chi connectivity index (χ4v) is 7.46. The van der Waals surface area contributed by atoms with Crippen LogP contribution in [0.15, 0.2) is 39.9 Å². The maximum Gasteiger partial charge on any atom is 0.187 e. The summed E-state index contributed by atoms with van der Waals surface area (Å²) in [6.45, 7) is 8.86. The second-order valence-corrected chi connectivity index (χ2v) is 16.0. The van der Waals surface area contributed by atoms with Gasteiger partial charge in [0.15, 0.2) is 18.9 Å². The summed E-state index contributed by atoms with van der Waals surface area (Å²) in [5, 5.41) is 84.5. The lowest BCUT2D eigenvalue weighted by atomic mass is 9.80. The normalized spacial score (nSPS) is 42.7. The molecule has 3 heterocycles. The van der Waals surface area contributed by atoms with Crippen LogP contribution in [0.3, 0.4) is 0 Å². The molecule has 0 aromatic carbocycles. The molecule has 0 aromatic heterocycles. The Morgan fingerprint density at radius 1 is 0.679 bits per heavy atom. The number of hydrogen-bond acceptors (Lipinski definition) is 17. The van der Waals surface area contributed by atoms with Gasteiger partial charge in [0.05, 0.1) is 38.0 Å². The number of ether oxygens (including phenoxy) is 6. The Balaban J connectivity index is 1.37. The Kier molecular flexibility index (Phi) is 18.5. The monoisotopic (exact) mass is 801 g/mol. The molecule has 12 N–H and O–H groups in total. The maximum atomic E-state index is 11.4. The zero-order valence-electron chi connectivity index (χ0n) is 33.2. The van der Waals surface area contributed by atoms with E-state index in [0.717, 1.165) is 31.3 Å². The topological polar surface area (TPSA) is 282 Å². The molecule has 4 rings (SSSR count). The summed E-state index contributed by atoms with van der Waals surface area (Å²) in [6, 6.07) is -1.95. The van der Waals surface area contributed by atoms with Gasteiger partial charge in [0.1, 0.15) is 61.0 Å². The van der Waals surface area contributed by atoms with Crippen molar-refractivity contribution in [2.75, 3.05) is 19.8 Å². The molecule has 17 nitrogen and oxygen atoms in total. The molecule has 18 unspecified atom stereocenters. The molecule has 0 radical (unpaired) electrons. The summed E-state index contributed by atoms with van der Waals surface area (Å²) in [4.78, 5) is 4.38.